The van der Waals surface area contributed by atoms with E-state index in [1.54, 1.807) is 18.5 Å². The van der Waals surface area contributed by atoms with Crippen LogP contribution in [0.3, 0.4) is 0 Å². The van der Waals surface area contributed by atoms with E-state index in [-0.39, 0.29) is 11.7 Å². The normalized spacial score (nSPS) is 18.4. The zero-order chi connectivity index (χ0) is 22.3. The van der Waals surface area contributed by atoms with Gasteiger partial charge in [-0.25, -0.2) is 14.4 Å². The summed E-state index contributed by atoms with van der Waals surface area (Å²) < 4.78 is 13.5. The first-order chi connectivity index (χ1) is 15.6. The Bertz CT molecular complexity index is 1040. The van der Waals surface area contributed by atoms with E-state index >= 15 is 0 Å². The van der Waals surface area contributed by atoms with E-state index in [1.807, 2.05) is 24.3 Å². The maximum Gasteiger partial charge on any atom is 0.135 e. The molecule has 1 N–H and O–H groups in total. The standard InChI is InChI=1S/C21H22FN5.C4H6O/c1-27-10-4-6-16(14-27)21-25-19(15-5-3-9-23-13-15)12-20(26-21)24-18-8-2-7-17(22)11-18;5-3-4-1-2-4/h2-3,5,7-9,11-13,16H,4,6,10,14H2,1H3,(H,24,25,26);3-4H,1-2H2. The van der Waals surface area contributed by atoms with Gasteiger partial charge in [-0.3, -0.25) is 4.98 Å². The minimum Gasteiger partial charge on any atom is -0.340 e. The third-order valence-corrected chi connectivity index (χ3v) is 5.60. The minimum atomic E-state index is -0.282. The molecule has 3 aromatic rings. The predicted octanol–water partition coefficient (Wildman–Crippen LogP) is 4.83. The summed E-state index contributed by atoms with van der Waals surface area (Å²) in [6.07, 6.45) is 9.06. The Hall–Kier alpha value is -3.19. The van der Waals surface area contributed by atoms with Crippen LogP contribution in [0.4, 0.5) is 15.9 Å². The van der Waals surface area contributed by atoms with Crippen molar-refractivity contribution in [2.45, 2.75) is 31.6 Å². The molecule has 0 spiro atoms. The highest BCUT2D eigenvalue weighted by molar-refractivity contribution is 5.65. The van der Waals surface area contributed by atoms with Crippen LogP contribution in [0.15, 0.2) is 54.9 Å². The number of anilines is 2. The van der Waals surface area contributed by atoms with Gasteiger partial charge in [0, 0.05) is 48.1 Å². The first kappa shape index (κ1) is 22.0. The number of nitrogens with one attached hydrogen (secondary N) is 1. The lowest BCUT2D eigenvalue weighted by atomic mass is 9.97. The summed E-state index contributed by atoms with van der Waals surface area (Å²) in [4.78, 5) is 25.7. The number of aromatic nitrogens is 3. The van der Waals surface area contributed by atoms with Gasteiger partial charge in [0.1, 0.15) is 23.7 Å². The highest BCUT2D eigenvalue weighted by Gasteiger charge is 2.23. The van der Waals surface area contributed by atoms with E-state index in [2.05, 4.69) is 22.2 Å². The summed E-state index contributed by atoms with van der Waals surface area (Å²) >= 11 is 0. The fraction of sp³-hybridized carbons (Fsp3) is 0.360. The molecule has 0 radical (unpaired) electrons. The lowest BCUT2D eigenvalue weighted by molar-refractivity contribution is -0.108. The Labute approximate surface area is 187 Å². The van der Waals surface area contributed by atoms with Crippen LogP contribution in [0, 0.1) is 11.7 Å². The number of piperidine rings is 1. The fourth-order valence-electron chi connectivity index (χ4n) is 3.70. The van der Waals surface area contributed by atoms with E-state index < -0.39 is 0 Å². The molecule has 0 amide bonds. The summed E-state index contributed by atoms with van der Waals surface area (Å²) in [5.74, 6) is 1.94. The molecule has 5 rings (SSSR count). The van der Waals surface area contributed by atoms with Gasteiger partial charge in [-0.05, 0) is 69.6 Å². The molecule has 166 valence electrons. The molecular formula is C25H28FN5O. The maximum absolute atomic E-state index is 13.5. The molecule has 1 aliphatic carbocycles. The second-order valence-electron chi connectivity index (χ2n) is 8.45. The van der Waals surface area contributed by atoms with Crippen LogP contribution in [-0.2, 0) is 4.79 Å². The first-order valence-corrected chi connectivity index (χ1v) is 11.1. The SMILES string of the molecule is CN1CCCC(c2nc(Nc3cccc(F)c3)cc(-c3cccnc3)n2)C1.O=CC1CC1. The number of halogens is 1. The van der Waals surface area contributed by atoms with Gasteiger partial charge in [0.2, 0.25) is 0 Å². The number of likely N-dealkylation sites (N-methyl/N-ethyl adjacent to an activating group) is 1. The molecule has 1 saturated heterocycles. The number of carbonyl (C=O) groups is 1. The van der Waals surface area contributed by atoms with Crippen LogP contribution in [-0.4, -0.2) is 46.3 Å². The third kappa shape index (κ3) is 6.17. The molecule has 1 aromatic carbocycles. The number of nitrogens with zero attached hydrogens (tertiary/aromatic N) is 4. The van der Waals surface area contributed by atoms with Crippen molar-refractivity contribution in [2.24, 2.45) is 5.92 Å². The molecule has 2 aliphatic rings. The molecule has 1 saturated carbocycles. The number of likely N-dealkylation sites (tertiary alicyclic amines) is 1. The first-order valence-electron chi connectivity index (χ1n) is 11.1. The van der Waals surface area contributed by atoms with Crippen LogP contribution in [0.2, 0.25) is 0 Å². The Morgan fingerprint density at radius 3 is 2.66 bits per heavy atom. The maximum atomic E-state index is 13.5. The van der Waals surface area contributed by atoms with Gasteiger partial charge in [0.05, 0.1) is 5.69 Å². The summed E-state index contributed by atoms with van der Waals surface area (Å²) in [6.45, 7) is 2.04. The molecule has 2 fully saturated rings. The molecule has 32 heavy (non-hydrogen) atoms. The summed E-state index contributed by atoms with van der Waals surface area (Å²) in [5, 5.41) is 3.22. The topological polar surface area (TPSA) is 71.0 Å². The average molecular weight is 434 g/mol. The monoisotopic (exact) mass is 433 g/mol. The molecule has 1 aliphatic heterocycles. The van der Waals surface area contributed by atoms with E-state index in [9.17, 15) is 9.18 Å². The highest BCUT2D eigenvalue weighted by Crippen LogP contribution is 2.28. The van der Waals surface area contributed by atoms with Crippen molar-refractivity contribution >= 4 is 17.8 Å². The summed E-state index contributed by atoms with van der Waals surface area (Å²) in [5.41, 5.74) is 2.42. The van der Waals surface area contributed by atoms with Crippen molar-refractivity contribution in [1.29, 1.82) is 0 Å². The molecule has 3 heterocycles. The Morgan fingerprint density at radius 1 is 1.12 bits per heavy atom. The summed E-state index contributed by atoms with van der Waals surface area (Å²) in [6, 6.07) is 12.2. The Morgan fingerprint density at radius 2 is 2.00 bits per heavy atom. The number of rotatable bonds is 5. The third-order valence-electron chi connectivity index (χ3n) is 5.60. The smallest absolute Gasteiger partial charge is 0.135 e. The minimum absolute atomic E-state index is 0.282. The number of hydrogen-bond donors (Lipinski definition) is 1. The predicted molar refractivity (Wildman–Crippen MR) is 123 cm³/mol. The van der Waals surface area contributed by atoms with Gasteiger partial charge in [-0.1, -0.05) is 6.07 Å². The highest BCUT2D eigenvalue weighted by atomic mass is 19.1. The van der Waals surface area contributed by atoms with Crippen LogP contribution >= 0.6 is 0 Å². The number of benzene rings is 1. The van der Waals surface area contributed by atoms with Crippen LogP contribution in [0.5, 0.6) is 0 Å². The molecule has 2 aromatic heterocycles. The largest absolute Gasteiger partial charge is 0.340 e. The summed E-state index contributed by atoms with van der Waals surface area (Å²) in [7, 11) is 2.13. The molecule has 1 unspecified atom stereocenters. The van der Waals surface area contributed by atoms with Gasteiger partial charge in [-0.2, -0.15) is 0 Å². The average Bonchev–Trinajstić information content (AvgIpc) is 3.65. The fourth-order valence-corrected chi connectivity index (χ4v) is 3.70. The van der Waals surface area contributed by atoms with E-state index in [0.717, 1.165) is 62.1 Å². The van der Waals surface area contributed by atoms with E-state index in [0.29, 0.717) is 17.4 Å². The van der Waals surface area contributed by atoms with Gasteiger partial charge < -0.3 is 15.0 Å². The number of aldehydes is 1. The van der Waals surface area contributed by atoms with Crippen molar-refractivity contribution in [3.8, 4) is 11.3 Å². The second kappa shape index (κ2) is 10.4. The molecule has 1 atom stereocenters. The molecule has 0 bridgehead atoms. The van der Waals surface area contributed by atoms with Gasteiger partial charge in [-0.15, -0.1) is 0 Å². The number of carbonyl (C=O) groups excluding carboxylic acids is 1. The zero-order valence-electron chi connectivity index (χ0n) is 18.2. The Balaban J connectivity index is 0.000000433. The van der Waals surface area contributed by atoms with E-state index in [4.69, 9.17) is 9.97 Å². The lowest BCUT2D eigenvalue weighted by Crippen LogP contribution is -2.31. The van der Waals surface area contributed by atoms with Gasteiger partial charge in [0.25, 0.3) is 0 Å². The van der Waals surface area contributed by atoms with Crippen LogP contribution in [0.25, 0.3) is 11.3 Å². The molecule has 6 nitrogen and oxygen atoms in total. The van der Waals surface area contributed by atoms with Gasteiger partial charge >= 0.3 is 0 Å². The zero-order valence-corrected chi connectivity index (χ0v) is 18.2. The molecular weight excluding hydrogens is 405 g/mol. The van der Waals surface area contributed by atoms with Crippen molar-refractivity contribution < 1.29 is 9.18 Å². The van der Waals surface area contributed by atoms with E-state index in [1.165, 1.54) is 12.1 Å². The second-order valence-corrected chi connectivity index (χ2v) is 8.45. The van der Waals surface area contributed by atoms with Crippen LogP contribution < -0.4 is 5.32 Å². The number of hydrogen-bond acceptors (Lipinski definition) is 6. The van der Waals surface area contributed by atoms with Gasteiger partial charge in [0.15, 0.2) is 0 Å². The van der Waals surface area contributed by atoms with Crippen molar-refractivity contribution in [1.82, 2.24) is 19.9 Å². The van der Waals surface area contributed by atoms with Crippen LogP contribution in [0.1, 0.15) is 37.4 Å². The van der Waals surface area contributed by atoms with Crippen molar-refractivity contribution in [3.63, 3.8) is 0 Å². The van der Waals surface area contributed by atoms with Crippen molar-refractivity contribution in [3.05, 3.63) is 66.5 Å². The molecule has 7 heteroatoms. The Kier molecular flexibility index (Phi) is 7.17. The lowest BCUT2D eigenvalue weighted by Gasteiger charge is -2.29. The van der Waals surface area contributed by atoms with Crippen molar-refractivity contribution in [2.75, 3.05) is 25.5 Å². The quantitative estimate of drug-likeness (QED) is 0.582. The number of pyridine rings is 1.